The van der Waals surface area contributed by atoms with E-state index in [1.54, 1.807) is 59.2 Å². The summed E-state index contributed by atoms with van der Waals surface area (Å²) in [6.07, 6.45) is 0.184. The molecule has 33 heavy (non-hydrogen) atoms. The fourth-order valence-corrected chi connectivity index (χ4v) is 6.11. The minimum atomic E-state index is -3.70. The second kappa shape index (κ2) is 9.05. The van der Waals surface area contributed by atoms with Crippen molar-refractivity contribution >= 4 is 27.7 Å². The van der Waals surface area contributed by atoms with Crippen molar-refractivity contribution in [3.63, 3.8) is 0 Å². The third-order valence-corrected chi connectivity index (χ3v) is 8.09. The number of hydrogen-bond donors (Lipinski definition) is 0. The lowest BCUT2D eigenvalue weighted by Gasteiger charge is -2.34. The Balaban J connectivity index is 1.52. The highest BCUT2D eigenvalue weighted by atomic mass is 32.2. The number of rotatable bonds is 4. The summed E-state index contributed by atoms with van der Waals surface area (Å²) < 4.78 is 33.1. The lowest BCUT2D eigenvalue weighted by atomic mass is 10.1. The summed E-state index contributed by atoms with van der Waals surface area (Å²) in [5.41, 5.74) is 2.98. The number of sulfonamides is 1. The minimum Gasteiger partial charge on any atom is -0.450 e. The SMILES string of the molecule is CCOC(=O)N1CCN(C(=O)c2ccc3c(c2)C[C@H](C)N3S(=O)(=O)c2ccc(C)cc2)CC1. The van der Waals surface area contributed by atoms with E-state index in [4.69, 9.17) is 4.74 Å². The van der Waals surface area contributed by atoms with Crippen LogP contribution in [0.5, 0.6) is 0 Å². The molecule has 2 aliphatic heterocycles. The number of carbonyl (C=O) groups excluding carboxylic acids is 2. The molecule has 0 saturated carbocycles. The van der Waals surface area contributed by atoms with Gasteiger partial charge in [0.05, 0.1) is 17.2 Å². The van der Waals surface area contributed by atoms with Crippen molar-refractivity contribution in [2.75, 3.05) is 37.1 Å². The molecule has 176 valence electrons. The van der Waals surface area contributed by atoms with Gasteiger partial charge >= 0.3 is 6.09 Å². The van der Waals surface area contributed by atoms with Crippen molar-refractivity contribution in [3.05, 3.63) is 59.2 Å². The van der Waals surface area contributed by atoms with Crippen molar-refractivity contribution < 1.29 is 22.7 Å². The van der Waals surface area contributed by atoms with Crippen molar-refractivity contribution in [2.45, 2.75) is 38.1 Å². The standard InChI is InChI=1S/C24H29N3O5S/c1-4-32-24(29)26-13-11-25(12-14-26)23(28)19-7-10-22-20(16-19)15-18(3)27(22)33(30,31)21-8-5-17(2)6-9-21/h5-10,16,18H,4,11-15H2,1-3H3/t18-/m0/s1. The number of piperazine rings is 1. The van der Waals surface area contributed by atoms with Gasteiger partial charge in [-0.15, -0.1) is 0 Å². The van der Waals surface area contributed by atoms with E-state index in [0.717, 1.165) is 11.1 Å². The summed E-state index contributed by atoms with van der Waals surface area (Å²) in [4.78, 5) is 28.5. The van der Waals surface area contributed by atoms with Crippen LogP contribution in [-0.2, 0) is 21.2 Å². The number of hydrogen-bond acceptors (Lipinski definition) is 5. The molecular formula is C24H29N3O5S. The molecule has 1 fully saturated rings. The topological polar surface area (TPSA) is 87.2 Å². The Kier molecular flexibility index (Phi) is 6.34. The molecule has 0 aromatic heterocycles. The Labute approximate surface area is 194 Å². The van der Waals surface area contributed by atoms with Gasteiger partial charge in [-0.05, 0) is 63.1 Å². The summed E-state index contributed by atoms with van der Waals surface area (Å²) in [5, 5.41) is 0. The molecule has 0 bridgehead atoms. The molecule has 0 spiro atoms. The molecule has 4 rings (SSSR count). The molecule has 2 aromatic carbocycles. The van der Waals surface area contributed by atoms with Crippen LogP contribution in [0.4, 0.5) is 10.5 Å². The van der Waals surface area contributed by atoms with Crippen LogP contribution in [0, 0.1) is 6.92 Å². The van der Waals surface area contributed by atoms with E-state index in [0.29, 0.717) is 50.5 Å². The number of benzene rings is 2. The summed E-state index contributed by atoms with van der Waals surface area (Å²) in [6.45, 7) is 7.59. The Morgan fingerprint density at radius 1 is 1.00 bits per heavy atom. The lowest BCUT2D eigenvalue weighted by Crippen LogP contribution is -2.50. The van der Waals surface area contributed by atoms with E-state index in [1.165, 1.54) is 4.31 Å². The van der Waals surface area contributed by atoms with Gasteiger partial charge in [-0.2, -0.15) is 0 Å². The van der Waals surface area contributed by atoms with Crippen LogP contribution in [0.3, 0.4) is 0 Å². The van der Waals surface area contributed by atoms with E-state index < -0.39 is 10.0 Å². The normalized spacial score (nSPS) is 18.3. The van der Waals surface area contributed by atoms with Gasteiger partial charge in [0.2, 0.25) is 0 Å². The second-order valence-corrected chi connectivity index (χ2v) is 10.3. The highest BCUT2D eigenvalue weighted by Crippen LogP contribution is 2.37. The summed E-state index contributed by atoms with van der Waals surface area (Å²) in [5.74, 6) is -0.117. The smallest absolute Gasteiger partial charge is 0.409 e. The van der Waals surface area contributed by atoms with Crippen LogP contribution in [0.25, 0.3) is 0 Å². The number of nitrogens with zero attached hydrogens (tertiary/aromatic N) is 3. The van der Waals surface area contributed by atoms with Gasteiger partial charge in [-0.1, -0.05) is 17.7 Å². The fraction of sp³-hybridized carbons (Fsp3) is 0.417. The summed E-state index contributed by atoms with van der Waals surface area (Å²) in [7, 11) is -3.70. The number of fused-ring (bicyclic) bond motifs is 1. The Morgan fingerprint density at radius 2 is 1.64 bits per heavy atom. The van der Waals surface area contributed by atoms with Crippen molar-refractivity contribution in [3.8, 4) is 0 Å². The van der Waals surface area contributed by atoms with Gasteiger partial charge in [0.25, 0.3) is 15.9 Å². The Hall–Kier alpha value is -3.07. The zero-order valence-electron chi connectivity index (χ0n) is 19.2. The predicted octanol–water partition coefficient (Wildman–Crippen LogP) is 3.05. The number of ether oxygens (including phenoxy) is 1. The Bertz CT molecular complexity index is 1160. The van der Waals surface area contributed by atoms with Gasteiger partial charge in [0.1, 0.15) is 0 Å². The quantitative estimate of drug-likeness (QED) is 0.684. The van der Waals surface area contributed by atoms with Gasteiger partial charge < -0.3 is 14.5 Å². The number of carbonyl (C=O) groups is 2. The third kappa shape index (κ3) is 4.42. The molecule has 0 radical (unpaired) electrons. The number of aryl methyl sites for hydroxylation is 1. The largest absolute Gasteiger partial charge is 0.450 e. The van der Waals surface area contributed by atoms with Crippen LogP contribution in [0.1, 0.15) is 35.3 Å². The predicted molar refractivity (Wildman–Crippen MR) is 125 cm³/mol. The molecule has 0 aliphatic carbocycles. The van der Waals surface area contributed by atoms with Crippen molar-refractivity contribution in [1.29, 1.82) is 0 Å². The third-order valence-electron chi connectivity index (χ3n) is 6.15. The highest BCUT2D eigenvalue weighted by Gasteiger charge is 2.36. The number of amides is 2. The van der Waals surface area contributed by atoms with Gasteiger partial charge in [0.15, 0.2) is 0 Å². The lowest BCUT2D eigenvalue weighted by molar-refractivity contribution is 0.0570. The van der Waals surface area contributed by atoms with Crippen molar-refractivity contribution in [2.24, 2.45) is 0 Å². The van der Waals surface area contributed by atoms with E-state index in [9.17, 15) is 18.0 Å². The summed E-state index contributed by atoms with van der Waals surface area (Å²) >= 11 is 0. The van der Waals surface area contributed by atoms with Gasteiger partial charge in [-0.3, -0.25) is 9.10 Å². The number of anilines is 1. The molecule has 8 nitrogen and oxygen atoms in total. The molecule has 2 aliphatic rings. The molecular weight excluding hydrogens is 442 g/mol. The maximum absolute atomic E-state index is 13.3. The molecule has 2 aromatic rings. The van der Waals surface area contributed by atoms with Crippen LogP contribution in [0.15, 0.2) is 47.4 Å². The minimum absolute atomic E-state index is 0.117. The van der Waals surface area contributed by atoms with Crippen molar-refractivity contribution in [1.82, 2.24) is 9.80 Å². The molecule has 0 unspecified atom stereocenters. The second-order valence-electron chi connectivity index (χ2n) is 8.49. The van der Waals surface area contributed by atoms with E-state index in [1.807, 2.05) is 13.8 Å². The van der Waals surface area contributed by atoms with E-state index >= 15 is 0 Å². The zero-order chi connectivity index (χ0) is 23.8. The monoisotopic (exact) mass is 471 g/mol. The van der Waals surface area contributed by atoms with Gasteiger partial charge in [0, 0.05) is 37.8 Å². The molecule has 1 atom stereocenters. The first-order valence-corrected chi connectivity index (χ1v) is 12.6. The Morgan fingerprint density at radius 3 is 2.27 bits per heavy atom. The van der Waals surface area contributed by atoms with E-state index in [2.05, 4.69) is 0 Å². The maximum atomic E-state index is 13.3. The van der Waals surface area contributed by atoms with Gasteiger partial charge in [-0.25, -0.2) is 13.2 Å². The first kappa shape index (κ1) is 23.1. The first-order chi connectivity index (χ1) is 15.7. The molecule has 2 heterocycles. The van der Waals surface area contributed by atoms with Crippen LogP contribution in [-0.4, -0.2) is 69.0 Å². The average Bonchev–Trinajstić information content (AvgIpc) is 3.14. The molecule has 2 amide bonds. The van der Waals surface area contributed by atoms with Crippen LogP contribution in [0.2, 0.25) is 0 Å². The van der Waals surface area contributed by atoms with Crippen LogP contribution < -0.4 is 4.31 Å². The molecule has 1 saturated heterocycles. The van der Waals surface area contributed by atoms with E-state index in [-0.39, 0.29) is 22.9 Å². The first-order valence-electron chi connectivity index (χ1n) is 11.2. The average molecular weight is 472 g/mol. The van der Waals surface area contributed by atoms with Crippen LogP contribution >= 0.6 is 0 Å². The summed E-state index contributed by atoms with van der Waals surface area (Å²) in [6, 6.07) is 11.8. The maximum Gasteiger partial charge on any atom is 0.409 e. The molecule has 9 heteroatoms. The highest BCUT2D eigenvalue weighted by molar-refractivity contribution is 7.92. The fourth-order valence-electron chi connectivity index (χ4n) is 4.42. The molecule has 0 N–H and O–H groups in total. The zero-order valence-corrected chi connectivity index (χ0v) is 20.0.